The van der Waals surface area contributed by atoms with Crippen molar-refractivity contribution >= 4 is 16.0 Å². The Balaban J connectivity index is 1.43. The van der Waals surface area contributed by atoms with Gasteiger partial charge in [0.1, 0.15) is 0 Å². The second-order valence-electron chi connectivity index (χ2n) is 8.51. The lowest BCUT2D eigenvalue weighted by atomic mass is 9.98. The topological polar surface area (TPSA) is 77.0 Å². The van der Waals surface area contributed by atoms with Crippen LogP contribution in [0.3, 0.4) is 0 Å². The first-order valence-corrected chi connectivity index (χ1v) is 13.0. The molecule has 0 radical (unpaired) electrons. The highest BCUT2D eigenvalue weighted by molar-refractivity contribution is 7.88. The fraction of sp³-hybridized carbons (Fsp3) is 0.682. The van der Waals surface area contributed by atoms with Crippen LogP contribution in [0.4, 0.5) is 0 Å². The van der Waals surface area contributed by atoms with E-state index in [0.29, 0.717) is 25.0 Å². The molecule has 3 rings (SSSR count). The van der Waals surface area contributed by atoms with E-state index in [4.69, 9.17) is 4.99 Å². The molecule has 0 bridgehead atoms. The van der Waals surface area contributed by atoms with Gasteiger partial charge in [-0.1, -0.05) is 30.3 Å². The molecular formula is C22H37N5O2S. The van der Waals surface area contributed by atoms with Gasteiger partial charge in [-0.2, -0.15) is 0 Å². The summed E-state index contributed by atoms with van der Waals surface area (Å²) in [6.07, 6.45) is 5.29. The van der Waals surface area contributed by atoms with Crippen LogP contribution in [-0.2, 0) is 16.6 Å². The number of sulfonamides is 1. The van der Waals surface area contributed by atoms with Gasteiger partial charge in [-0.25, -0.2) is 12.7 Å². The van der Waals surface area contributed by atoms with Crippen molar-refractivity contribution < 1.29 is 8.42 Å². The smallest absolute Gasteiger partial charge is 0.211 e. The fourth-order valence-electron chi connectivity index (χ4n) is 4.23. The molecule has 1 aromatic rings. The lowest BCUT2D eigenvalue weighted by molar-refractivity contribution is 0.198. The van der Waals surface area contributed by atoms with E-state index in [1.807, 2.05) is 0 Å². The molecule has 2 fully saturated rings. The summed E-state index contributed by atoms with van der Waals surface area (Å²) in [6, 6.07) is 11.1. The van der Waals surface area contributed by atoms with E-state index in [1.165, 1.54) is 11.8 Å². The lowest BCUT2D eigenvalue weighted by Crippen LogP contribution is -2.48. The molecule has 0 amide bonds. The lowest BCUT2D eigenvalue weighted by Gasteiger charge is -2.33. The Labute approximate surface area is 182 Å². The number of hydrogen-bond acceptors (Lipinski definition) is 4. The van der Waals surface area contributed by atoms with Gasteiger partial charge in [-0.05, 0) is 44.1 Å². The second kappa shape index (κ2) is 11.1. The molecule has 0 aliphatic carbocycles. The van der Waals surface area contributed by atoms with Crippen LogP contribution in [0, 0.1) is 5.92 Å². The Morgan fingerprint density at radius 3 is 2.33 bits per heavy atom. The van der Waals surface area contributed by atoms with Crippen LogP contribution in [-0.4, -0.2) is 75.1 Å². The molecule has 2 aliphatic rings. The number of benzene rings is 1. The summed E-state index contributed by atoms with van der Waals surface area (Å²) >= 11 is 0. The SMILES string of the molecule is CCNC(=NCC1CCN(S(C)(=O)=O)CC1)NC1CCN(Cc2ccccc2)CC1. The molecule has 0 atom stereocenters. The van der Waals surface area contributed by atoms with E-state index < -0.39 is 10.0 Å². The highest BCUT2D eigenvalue weighted by Crippen LogP contribution is 2.19. The van der Waals surface area contributed by atoms with E-state index in [0.717, 1.165) is 64.4 Å². The molecule has 0 unspecified atom stereocenters. The quantitative estimate of drug-likeness (QED) is 0.505. The van der Waals surface area contributed by atoms with Crippen LogP contribution in [0.15, 0.2) is 35.3 Å². The first-order valence-electron chi connectivity index (χ1n) is 11.2. The number of likely N-dealkylation sites (tertiary alicyclic amines) is 1. The molecule has 0 saturated carbocycles. The van der Waals surface area contributed by atoms with Gasteiger partial charge in [0.25, 0.3) is 0 Å². The summed E-state index contributed by atoms with van der Waals surface area (Å²) in [6.45, 7) is 8.11. The summed E-state index contributed by atoms with van der Waals surface area (Å²) in [5, 5.41) is 6.99. The molecule has 2 aliphatic heterocycles. The van der Waals surface area contributed by atoms with Gasteiger partial charge in [-0.15, -0.1) is 0 Å². The fourth-order valence-corrected chi connectivity index (χ4v) is 5.11. The van der Waals surface area contributed by atoms with Crippen molar-refractivity contribution in [3.8, 4) is 0 Å². The Morgan fingerprint density at radius 1 is 1.07 bits per heavy atom. The molecule has 30 heavy (non-hydrogen) atoms. The number of nitrogens with zero attached hydrogens (tertiary/aromatic N) is 3. The molecule has 0 aromatic heterocycles. The standard InChI is InChI=1S/C22H37N5O2S/c1-3-23-22(24-17-19-9-15-27(16-10-19)30(2,28)29)25-21-11-13-26(14-12-21)18-20-7-5-4-6-8-20/h4-8,19,21H,3,9-18H2,1-2H3,(H2,23,24,25). The summed E-state index contributed by atoms with van der Waals surface area (Å²) in [5.41, 5.74) is 1.38. The van der Waals surface area contributed by atoms with Crippen molar-refractivity contribution in [2.24, 2.45) is 10.9 Å². The average Bonchev–Trinajstić information content (AvgIpc) is 2.74. The first kappa shape index (κ1) is 23.0. The van der Waals surface area contributed by atoms with Crippen molar-refractivity contribution in [3.05, 3.63) is 35.9 Å². The van der Waals surface area contributed by atoms with Crippen molar-refractivity contribution in [2.75, 3.05) is 45.5 Å². The van der Waals surface area contributed by atoms with Gasteiger partial charge in [0.05, 0.1) is 6.26 Å². The molecule has 8 heteroatoms. The van der Waals surface area contributed by atoms with E-state index in [-0.39, 0.29) is 0 Å². The third-order valence-corrected chi connectivity index (χ3v) is 7.37. The van der Waals surface area contributed by atoms with Crippen molar-refractivity contribution in [1.29, 1.82) is 0 Å². The van der Waals surface area contributed by atoms with Crippen molar-refractivity contribution in [2.45, 2.75) is 45.2 Å². The number of rotatable bonds is 7. The maximum Gasteiger partial charge on any atom is 0.211 e. The van der Waals surface area contributed by atoms with Crippen molar-refractivity contribution in [1.82, 2.24) is 19.8 Å². The number of guanidine groups is 1. The van der Waals surface area contributed by atoms with Crippen LogP contribution in [0.1, 0.15) is 38.2 Å². The highest BCUT2D eigenvalue weighted by atomic mass is 32.2. The van der Waals surface area contributed by atoms with Gasteiger partial charge >= 0.3 is 0 Å². The van der Waals surface area contributed by atoms with Gasteiger partial charge in [0.2, 0.25) is 10.0 Å². The molecular weight excluding hydrogens is 398 g/mol. The minimum Gasteiger partial charge on any atom is -0.357 e. The van der Waals surface area contributed by atoms with Gasteiger partial charge in [0.15, 0.2) is 5.96 Å². The third-order valence-electron chi connectivity index (χ3n) is 6.07. The van der Waals surface area contributed by atoms with Crippen LogP contribution in [0.5, 0.6) is 0 Å². The van der Waals surface area contributed by atoms with Crippen LogP contribution >= 0.6 is 0 Å². The molecule has 0 spiro atoms. The Morgan fingerprint density at radius 2 is 1.73 bits per heavy atom. The van der Waals surface area contributed by atoms with Gasteiger partial charge in [-0.3, -0.25) is 9.89 Å². The molecule has 2 heterocycles. The Hall–Kier alpha value is -1.64. The van der Waals surface area contributed by atoms with Crippen LogP contribution < -0.4 is 10.6 Å². The predicted octanol–water partition coefficient (Wildman–Crippen LogP) is 1.88. The summed E-state index contributed by atoms with van der Waals surface area (Å²) in [7, 11) is -3.06. The largest absolute Gasteiger partial charge is 0.357 e. The Kier molecular flexibility index (Phi) is 8.53. The molecule has 7 nitrogen and oxygen atoms in total. The maximum absolute atomic E-state index is 11.7. The molecule has 2 N–H and O–H groups in total. The van der Waals surface area contributed by atoms with E-state index in [9.17, 15) is 8.42 Å². The number of piperidine rings is 2. The van der Waals surface area contributed by atoms with Crippen molar-refractivity contribution in [3.63, 3.8) is 0 Å². The summed E-state index contributed by atoms with van der Waals surface area (Å²) < 4.78 is 24.9. The highest BCUT2D eigenvalue weighted by Gasteiger charge is 2.25. The predicted molar refractivity (Wildman–Crippen MR) is 123 cm³/mol. The Bertz CT molecular complexity index is 768. The number of aliphatic imine (C=N–C) groups is 1. The normalized spacial score (nSPS) is 20.9. The zero-order valence-electron chi connectivity index (χ0n) is 18.4. The van der Waals surface area contributed by atoms with Crippen LogP contribution in [0.2, 0.25) is 0 Å². The minimum absolute atomic E-state index is 0.446. The monoisotopic (exact) mass is 435 g/mol. The second-order valence-corrected chi connectivity index (χ2v) is 10.5. The van der Waals surface area contributed by atoms with E-state index in [2.05, 4.69) is 52.8 Å². The average molecular weight is 436 g/mol. The number of hydrogen-bond donors (Lipinski definition) is 2. The summed E-state index contributed by atoms with van der Waals surface area (Å²) in [5.74, 6) is 1.34. The third kappa shape index (κ3) is 7.25. The maximum atomic E-state index is 11.7. The van der Waals surface area contributed by atoms with Gasteiger partial charge in [0, 0.05) is 51.9 Å². The molecule has 1 aromatic carbocycles. The minimum atomic E-state index is -3.06. The van der Waals surface area contributed by atoms with E-state index >= 15 is 0 Å². The zero-order valence-corrected chi connectivity index (χ0v) is 19.2. The first-order chi connectivity index (χ1) is 14.4. The van der Waals surface area contributed by atoms with E-state index in [1.54, 1.807) is 4.31 Å². The molecule has 2 saturated heterocycles. The summed E-state index contributed by atoms with van der Waals surface area (Å²) in [4.78, 5) is 7.34. The zero-order chi connectivity index (χ0) is 21.4. The van der Waals surface area contributed by atoms with Gasteiger partial charge < -0.3 is 10.6 Å². The van der Waals surface area contributed by atoms with Crippen LogP contribution in [0.25, 0.3) is 0 Å². The molecule has 168 valence electrons. The number of nitrogens with one attached hydrogen (secondary N) is 2.